The lowest BCUT2D eigenvalue weighted by atomic mass is 10.2. The number of fused-ring (bicyclic) bond motifs is 1. The van der Waals surface area contributed by atoms with Gasteiger partial charge in [0.05, 0.1) is 4.21 Å². The first-order chi connectivity index (χ1) is 7.81. The fourth-order valence-corrected chi connectivity index (χ4v) is 3.08. The molecule has 80 valence electrons. The molecule has 0 aliphatic carbocycles. The van der Waals surface area contributed by atoms with E-state index in [1.807, 2.05) is 24.3 Å². The lowest BCUT2D eigenvalue weighted by Crippen LogP contribution is -1.71. The lowest BCUT2D eigenvalue weighted by molar-refractivity contribution is 0.490. The van der Waals surface area contributed by atoms with Gasteiger partial charge in [0.25, 0.3) is 5.22 Å². The number of oxazole rings is 1. The molecule has 1 aromatic carbocycles. The summed E-state index contributed by atoms with van der Waals surface area (Å²) >= 11 is 3.26. The van der Waals surface area contributed by atoms with Gasteiger partial charge >= 0.3 is 0 Å². The maximum atomic E-state index is 5.65. The summed E-state index contributed by atoms with van der Waals surface area (Å²) < 4.78 is 6.85. The van der Waals surface area contributed by atoms with Gasteiger partial charge in [0.15, 0.2) is 5.58 Å². The number of thiophene rings is 1. The Balaban J connectivity index is 1.99. The molecule has 0 atom stereocenters. The highest BCUT2D eigenvalue weighted by molar-refractivity contribution is 8.00. The van der Waals surface area contributed by atoms with Gasteiger partial charge in [-0.15, -0.1) is 11.3 Å². The lowest BCUT2D eigenvalue weighted by Gasteiger charge is -1.88. The van der Waals surface area contributed by atoms with Gasteiger partial charge in [-0.2, -0.15) is 0 Å². The Morgan fingerprint density at radius 2 is 2.25 bits per heavy atom. The molecular formula is C12H9NOS2. The molecule has 2 heterocycles. The van der Waals surface area contributed by atoms with Crippen LogP contribution in [0.3, 0.4) is 0 Å². The quantitative estimate of drug-likeness (QED) is 0.673. The third-order valence-electron chi connectivity index (χ3n) is 2.21. The van der Waals surface area contributed by atoms with Crippen molar-refractivity contribution in [3.8, 4) is 0 Å². The van der Waals surface area contributed by atoms with Gasteiger partial charge in [-0.25, -0.2) is 4.98 Å². The third-order valence-corrected chi connectivity index (χ3v) is 4.09. The molecule has 4 heteroatoms. The highest BCUT2D eigenvalue weighted by Gasteiger charge is 2.07. The number of benzene rings is 1. The minimum atomic E-state index is 0.711. The average molecular weight is 247 g/mol. The maximum absolute atomic E-state index is 5.65. The summed E-state index contributed by atoms with van der Waals surface area (Å²) in [6.45, 7) is 2.06. The Kier molecular flexibility index (Phi) is 2.46. The highest BCUT2D eigenvalue weighted by Crippen LogP contribution is 2.32. The molecule has 0 aliphatic rings. The molecule has 3 aromatic rings. The normalized spacial score (nSPS) is 11.1. The zero-order chi connectivity index (χ0) is 11.0. The van der Waals surface area contributed by atoms with Crippen LogP contribution in [0.15, 0.2) is 49.6 Å². The fraction of sp³-hybridized carbons (Fsp3) is 0.0833. The van der Waals surface area contributed by atoms with Crippen molar-refractivity contribution in [2.45, 2.75) is 16.4 Å². The van der Waals surface area contributed by atoms with Crippen molar-refractivity contribution in [1.82, 2.24) is 4.98 Å². The molecule has 16 heavy (non-hydrogen) atoms. The van der Waals surface area contributed by atoms with Crippen molar-refractivity contribution in [3.63, 3.8) is 0 Å². The van der Waals surface area contributed by atoms with Gasteiger partial charge in [-0.05, 0) is 47.8 Å². The predicted octanol–water partition coefficient (Wildman–Crippen LogP) is 4.35. The van der Waals surface area contributed by atoms with Crippen molar-refractivity contribution in [2.24, 2.45) is 0 Å². The van der Waals surface area contributed by atoms with E-state index in [0.29, 0.717) is 5.22 Å². The van der Waals surface area contributed by atoms with Crippen LogP contribution in [-0.4, -0.2) is 4.98 Å². The molecule has 0 amide bonds. The zero-order valence-electron chi connectivity index (χ0n) is 8.64. The number of aromatic nitrogens is 1. The summed E-state index contributed by atoms with van der Waals surface area (Å²) in [6.07, 6.45) is 0. The van der Waals surface area contributed by atoms with E-state index in [2.05, 4.69) is 23.4 Å². The first kappa shape index (κ1) is 9.93. The largest absolute Gasteiger partial charge is 0.431 e. The summed E-state index contributed by atoms with van der Waals surface area (Å²) in [5, 5.41) is 2.76. The molecule has 0 unspecified atom stereocenters. The second-order valence-corrected chi connectivity index (χ2v) is 5.68. The highest BCUT2D eigenvalue weighted by atomic mass is 32.2. The maximum Gasteiger partial charge on any atom is 0.262 e. The van der Waals surface area contributed by atoms with E-state index in [4.69, 9.17) is 4.42 Å². The van der Waals surface area contributed by atoms with Crippen LogP contribution in [0.4, 0.5) is 0 Å². The fourth-order valence-electron chi connectivity index (χ4n) is 1.47. The van der Waals surface area contributed by atoms with Crippen molar-refractivity contribution >= 4 is 34.2 Å². The minimum Gasteiger partial charge on any atom is -0.431 e. The molecule has 0 bridgehead atoms. The van der Waals surface area contributed by atoms with Crippen LogP contribution in [0.1, 0.15) is 5.56 Å². The zero-order valence-corrected chi connectivity index (χ0v) is 10.3. The summed E-state index contributed by atoms with van der Waals surface area (Å²) in [5.41, 5.74) is 2.98. The Bertz CT molecular complexity index is 613. The Morgan fingerprint density at radius 3 is 3.06 bits per heavy atom. The number of nitrogens with zero attached hydrogens (tertiary/aromatic N) is 1. The van der Waals surface area contributed by atoms with Crippen LogP contribution < -0.4 is 0 Å². The molecule has 2 nitrogen and oxygen atoms in total. The van der Waals surface area contributed by atoms with Crippen LogP contribution in [0, 0.1) is 6.92 Å². The summed E-state index contributed by atoms with van der Waals surface area (Å²) in [6, 6.07) is 10.1. The number of hydrogen-bond donors (Lipinski definition) is 0. The number of rotatable bonds is 2. The van der Waals surface area contributed by atoms with E-state index in [0.717, 1.165) is 11.1 Å². The monoisotopic (exact) mass is 247 g/mol. The summed E-state index contributed by atoms with van der Waals surface area (Å²) in [7, 11) is 0. The molecule has 0 saturated heterocycles. The van der Waals surface area contributed by atoms with Gasteiger partial charge in [0.2, 0.25) is 0 Å². The molecule has 3 rings (SSSR count). The molecule has 2 aromatic heterocycles. The third kappa shape index (κ3) is 1.86. The first-order valence-corrected chi connectivity index (χ1v) is 6.59. The smallest absolute Gasteiger partial charge is 0.262 e. The minimum absolute atomic E-state index is 0.711. The van der Waals surface area contributed by atoms with E-state index in [1.165, 1.54) is 9.77 Å². The van der Waals surface area contributed by atoms with E-state index >= 15 is 0 Å². The SMILES string of the molecule is Cc1ccc2oc(Sc3cccs3)nc2c1. The topological polar surface area (TPSA) is 26.0 Å². The number of hydrogen-bond acceptors (Lipinski definition) is 4. The van der Waals surface area contributed by atoms with Crippen molar-refractivity contribution in [2.75, 3.05) is 0 Å². The van der Waals surface area contributed by atoms with Crippen LogP contribution >= 0.6 is 23.1 Å². The van der Waals surface area contributed by atoms with Crippen LogP contribution in [0.5, 0.6) is 0 Å². The second-order valence-electron chi connectivity index (χ2n) is 3.49. The van der Waals surface area contributed by atoms with Gasteiger partial charge in [-0.3, -0.25) is 0 Å². The van der Waals surface area contributed by atoms with Crippen LogP contribution in [-0.2, 0) is 0 Å². The van der Waals surface area contributed by atoms with E-state index in [1.54, 1.807) is 23.1 Å². The molecular weight excluding hydrogens is 238 g/mol. The first-order valence-electron chi connectivity index (χ1n) is 4.90. The Labute approximate surface area is 101 Å². The second kappa shape index (κ2) is 3.96. The van der Waals surface area contributed by atoms with Crippen LogP contribution in [0.2, 0.25) is 0 Å². The standard InChI is InChI=1S/C12H9NOS2/c1-8-4-5-10-9(7-8)13-12(14-10)16-11-3-2-6-15-11/h2-7H,1H3. The molecule has 0 saturated carbocycles. The van der Waals surface area contributed by atoms with E-state index < -0.39 is 0 Å². The van der Waals surface area contributed by atoms with Crippen molar-refractivity contribution in [3.05, 3.63) is 41.3 Å². The molecule has 0 aliphatic heterocycles. The molecule has 0 fully saturated rings. The number of aryl methyl sites for hydroxylation is 1. The summed E-state index contributed by atoms with van der Waals surface area (Å²) in [4.78, 5) is 4.45. The van der Waals surface area contributed by atoms with Gasteiger partial charge in [-0.1, -0.05) is 12.1 Å². The Hall–Kier alpha value is -1.26. The predicted molar refractivity (Wildman–Crippen MR) is 67.2 cm³/mol. The average Bonchev–Trinajstić information content (AvgIpc) is 2.86. The molecule has 0 spiro atoms. The summed E-state index contributed by atoms with van der Waals surface area (Å²) in [5.74, 6) is 0. The molecule has 0 N–H and O–H groups in total. The Morgan fingerprint density at radius 1 is 1.31 bits per heavy atom. The van der Waals surface area contributed by atoms with Crippen molar-refractivity contribution in [1.29, 1.82) is 0 Å². The van der Waals surface area contributed by atoms with E-state index in [9.17, 15) is 0 Å². The van der Waals surface area contributed by atoms with Crippen molar-refractivity contribution < 1.29 is 4.42 Å². The molecule has 0 radical (unpaired) electrons. The van der Waals surface area contributed by atoms with Gasteiger partial charge in [0, 0.05) is 0 Å². The van der Waals surface area contributed by atoms with Gasteiger partial charge in [0.1, 0.15) is 5.52 Å². The van der Waals surface area contributed by atoms with Gasteiger partial charge < -0.3 is 4.42 Å². The van der Waals surface area contributed by atoms with Crippen LogP contribution in [0.25, 0.3) is 11.1 Å². The van der Waals surface area contributed by atoms with E-state index in [-0.39, 0.29) is 0 Å².